The number of rotatable bonds is 9. The number of nitrogens with one attached hydrogen (secondary N) is 2. The van der Waals surface area contributed by atoms with Crippen molar-refractivity contribution < 1.29 is 29.3 Å². The number of hydrogen-bond donors (Lipinski definition) is 4. The topological polar surface area (TPSA) is 121 Å². The van der Waals surface area contributed by atoms with Crippen LogP contribution in [0.1, 0.15) is 29.8 Å². The zero-order valence-corrected chi connectivity index (χ0v) is 18.5. The lowest BCUT2D eigenvalue weighted by Crippen LogP contribution is -2.35. The van der Waals surface area contributed by atoms with Crippen molar-refractivity contribution >= 4 is 22.8 Å². The molecule has 0 radical (unpaired) electrons. The first-order valence-corrected chi connectivity index (χ1v) is 10.3. The number of aromatic amines is 1. The molecule has 4 N–H and O–H groups in total. The summed E-state index contributed by atoms with van der Waals surface area (Å²) in [6.07, 6.45) is 1.43. The number of aliphatic hydroxyl groups is 1. The van der Waals surface area contributed by atoms with Gasteiger partial charge in [-0.1, -0.05) is 32.0 Å². The summed E-state index contributed by atoms with van der Waals surface area (Å²) in [5.74, 6) is -0.505. The highest BCUT2D eigenvalue weighted by molar-refractivity contribution is 5.88. The lowest BCUT2D eigenvalue weighted by molar-refractivity contribution is -0.139. The van der Waals surface area contributed by atoms with Gasteiger partial charge >= 0.3 is 11.9 Å². The standard InChI is InChI=1S/C17H24N2O4.C7H6O2/c1-11(2)18-9-13(20)10-23-14-4-5-16-15(7-14)12(8-19-16)6-17(21)22-3;8-7(9)6-4-2-1-3-5-6/h4-5,7-8,11,13,18-20H,6,9-10H2,1-3H3;1-5H,(H,8,9). The fourth-order valence-corrected chi connectivity index (χ4v) is 2.83. The molecule has 1 atom stereocenters. The van der Waals surface area contributed by atoms with Crippen molar-refractivity contribution in [1.29, 1.82) is 0 Å². The molecule has 0 saturated heterocycles. The fraction of sp³-hybridized carbons (Fsp3) is 0.333. The monoisotopic (exact) mass is 442 g/mol. The Morgan fingerprint density at radius 2 is 1.84 bits per heavy atom. The molecule has 0 amide bonds. The molecule has 3 aromatic rings. The number of H-pyrrole nitrogens is 1. The average molecular weight is 443 g/mol. The van der Waals surface area contributed by atoms with E-state index in [0.717, 1.165) is 16.5 Å². The maximum atomic E-state index is 11.4. The van der Waals surface area contributed by atoms with Gasteiger partial charge in [0, 0.05) is 29.7 Å². The number of fused-ring (bicyclic) bond motifs is 1. The van der Waals surface area contributed by atoms with Gasteiger partial charge in [0.25, 0.3) is 0 Å². The second-order valence-corrected chi connectivity index (χ2v) is 7.47. The molecular weight excluding hydrogens is 412 g/mol. The number of esters is 1. The number of aromatic nitrogens is 1. The predicted octanol–water partition coefficient (Wildman–Crippen LogP) is 3.01. The summed E-state index contributed by atoms with van der Waals surface area (Å²) >= 11 is 0. The van der Waals surface area contributed by atoms with Crippen LogP contribution >= 0.6 is 0 Å². The minimum Gasteiger partial charge on any atom is -0.491 e. The van der Waals surface area contributed by atoms with E-state index in [1.807, 2.05) is 32.0 Å². The van der Waals surface area contributed by atoms with Crippen LogP contribution in [0.5, 0.6) is 5.75 Å². The minimum atomic E-state index is -0.879. The first kappa shape index (κ1) is 24.9. The molecule has 0 fully saturated rings. The molecule has 8 nitrogen and oxygen atoms in total. The summed E-state index contributed by atoms with van der Waals surface area (Å²) in [5, 5.41) is 22.3. The second-order valence-electron chi connectivity index (χ2n) is 7.47. The number of aliphatic hydroxyl groups excluding tert-OH is 1. The number of carboxylic acids is 1. The van der Waals surface area contributed by atoms with Crippen molar-refractivity contribution in [3.8, 4) is 5.75 Å². The van der Waals surface area contributed by atoms with E-state index >= 15 is 0 Å². The van der Waals surface area contributed by atoms with Crippen LogP contribution in [-0.4, -0.2) is 59.5 Å². The van der Waals surface area contributed by atoms with E-state index < -0.39 is 12.1 Å². The number of carbonyl (C=O) groups excluding carboxylic acids is 1. The Morgan fingerprint density at radius 1 is 1.12 bits per heavy atom. The summed E-state index contributed by atoms with van der Waals surface area (Å²) in [5.41, 5.74) is 2.12. The molecular formula is C24H30N2O6. The van der Waals surface area contributed by atoms with Gasteiger partial charge in [-0.15, -0.1) is 0 Å². The van der Waals surface area contributed by atoms with Crippen molar-refractivity contribution in [3.05, 3.63) is 65.9 Å². The maximum Gasteiger partial charge on any atom is 0.335 e. The van der Waals surface area contributed by atoms with Crippen LogP contribution in [0.4, 0.5) is 0 Å². The lowest BCUT2D eigenvalue weighted by Gasteiger charge is -2.15. The van der Waals surface area contributed by atoms with Crippen LogP contribution in [-0.2, 0) is 16.0 Å². The third-order valence-corrected chi connectivity index (χ3v) is 4.53. The van der Waals surface area contributed by atoms with Gasteiger partial charge in [-0.2, -0.15) is 0 Å². The van der Waals surface area contributed by atoms with Gasteiger partial charge in [0.1, 0.15) is 18.5 Å². The summed E-state index contributed by atoms with van der Waals surface area (Å²) in [7, 11) is 1.37. The van der Waals surface area contributed by atoms with Crippen molar-refractivity contribution in [2.24, 2.45) is 0 Å². The Hall–Kier alpha value is -3.36. The van der Waals surface area contributed by atoms with Gasteiger partial charge in [0.05, 0.1) is 19.1 Å². The third-order valence-electron chi connectivity index (χ3n) is 4.53. The highest BCUT2D eigenvalue weighted by atomic mass is 16.5. The fourth-order valence-electron chi connectivity index (χ4n) is 2.83. The van der Waals surface area contributed by atoms with Gasteiger partial charge in [0.2, 0.25) is 0 Å². The molecule has 32 heavy (non-hydrogen) atoms. The lowest BCUT2D eigenvalue weighted by atomic mass is 10.1. The Labute approximate surface area is 187 Å². The van der Waals surface area contributed by atoms with E-state index in [4.69, 9.17) is 14.6 Å². The summed E-state index contributed by atoms with van der Waals surface area (Å²) in [4.78, 5) is 24.8. The van der Waals surface area contributed by atoms with E-state index in [-0.39, 0.29) is 19.0 Å². The number of methoxy groups -OCH3 is 1. The van der Waals surface area contributed by atoms with Crippen LogP contribution in [0.15, 0.2) is 54.7 Å². The second kappa shape index (κ2) is 12.5. The van der Waals surface area contributed by atoms with E-state index in [0.29, 0.717) is 23.9 Å². The van der Waals surface area contributed by atoms with Crippen molar-refractivity contribution in [3.63, 3.8) is 0 Å². The van der Waals surface area contributed by atoms with E-state index in [9.17, 15) is 14.7 Å². The predicted molar refractivity (Wildman–Crippen MR) is 122 cm³/mol. The van der Waals surface area contributed by atoms with Crippen molar-refractivity contribution in [1.82, 2.24) is 10.3 Å². The molecule has 1 aromatic heterocycles. The molecule has 0 bridgehead atoms. The number of aromatic carboxylic acids is 1. The first-order chi connectivity index (χ1) is 15.3. The van der Waals surface area contributed by atoms with Crippen LogP contribution in [0.2, 0.25) is 0 Å². The van der Waals surface area contributed by atoms with Crippen molar-refractivity contribution in [2.75, 3.05) is 20.3 Å². The molecule has 0 saturated carbocycles. The summed E-state index contributed by atoms with van der Waals surface area (Å²) in [6, 6.07) is 14.2. The number of hydrogen-bond acceptors (Lipinski definition) is 6. The van der Waals surface area contributed by atoms with Crippen LogP contribution in [0.25, 0.3) is 10.9 Å². The van der Waals surface area contributed by atoms with Crippen LogP contribution in [0.3, 0.4) is 0 Å². The Balaban J connectivity index is 0.000000336. The van der Waals surface area contributed by atoms with E-state index in [1.54, 1.807) is 36.5 Å². The van der Waals surface area contributed by atoms with Crippen LogP contribution < -0.4 is 10.1 Å². The highest BCUT2D eigenvalue weighted by Gasteiger charge is 2.11. The van der Waals surface area contributed by atoms with E-state index in [1.165, 1.54) is 7.11 Å². The molecule has 1 unspecified atom stereocenters. The minimum absolute atomic E-state index is 0.209. The molecule has 3 rings (SSSR count). The smallest absolute Gasteiger partial charge is 0.335 e. The summed E-state index contributed by atoms with van der Waals surface area (Å²) in [6.45, 7) is 4.74. The third kappa shape index (κ3) is 8.05. The molecule has 0 aliphatic rings. The van der Waals surface area contributed by atoms with Gasteiger partial charge in [-0.05, 0) is 35.9 Å². The molecule has 0 aliphatic carbocycles. The van der Waals surface area contributed by atoms with Crippen molar-refractivity contribution in [2.45, 2.75) is 32.4 Å². The SMILES string of the molecule is COC(=O)Cc1c[nH]c2ccc(OCC(O)CNC(C)C)cc12.O=C(O)c1ccccc1. The Morgan fingerprint density at radius 3 is 2.44 bits per heavy atom. The van der Waals surface area contributed by atoms with Gasteiger partial charge in [-0.25, -0.2) is 4.79 Å². The molecule has 172 valence electrons. The molecule has 0 spiro atoms. The van der Waals surface area contributed by atoms with Gasteiger partial charge in [0.15, 0.2) is 0 Å². The molecule has 2 aromatic carbocycles. The molecule has 0 aliphatic heterocycles. The zero-order valence-electron chi connectivity index (χ0n) is 18.5. The number of ether oxygens (including phenoxy) is 2. The largest absolute Gasteiger partial charge is 0.491 e. The van der Waals surface area contributed by atoms with Crippen LogP contribution in [0, 0.1) is 0 Å². The Bertz CT molecular complexity index is 1000. The maximum absolute atomic E-state index is 11.4. The quantitative estimate of drug-likeness (QED) is 0.376. The number of carboxylic acid groups (broad SMARTS) is 1. The summed E-state index contributed by atoms with van der Waals surface area (Å²) < 4.78 is 10.3. The number of benzene rings is 2. The highest BCUT2D eigenvalue weighted by Crippen LogP contribution is 2.24. The van der Waals surface area contributed by atoms with Gasteiger partial charge in [-0.3, -0.25) is 4.79 Å². The van der Waals surface area contributed by atoms with E-state index in [2.05, 4.69) is 10.3 Å². The van der Waals surface area contributed by atoms with Gasteiger partial charge < -0.3 is 30.0 Å². The average Bonchev–Trinajstić information content (AvgIpc) is 3.19. The Kier molecular flexibility index (Phi) is 9.72. The molecule has 1 heterocycles. The first-order valence-electron chi connectivity index (χ1n) is 10.3. The molecule has 8 heteroatoms. The number of carbonyl (C=O) groups is 2. The normalized spacial score (nSPS) is 11.5. The zero-order chi connectivity index (χ0) is 23.5.